The molecule has 4 nitrogen and oxygen atoms in total. The van der Waals surface area contributed by atoms with E-state index in [2.05, 4.69) is 0 Å². The molecule has 1 unspecified atom stereocenters. The number of nitrogens with zero attached hydrogens (tertiary/aromatic N) is 1. The van der Waals surface area contributed by atoms with Crippen LogP contribution in [0.15, 0.2) is 24.3 Å². The van der Waals surface area contributed by atoms with Gasteiger partial charge in [0, 0.05) is 25.4 Å². The van der Waals surface area contributed by atoms with Crippen molar-refractivity contribution in [3.05, 3.63) is 29.8 Å². The predicted octanol–water partition coefficient (Wildman–Crippen LogP) is 2.07. The fraction of sp³-hybridized carbons (Fsp3) is 0.500. The maximum atomic E-state index is 12.3. The van der Waals surface area contributed by atoms with Gasteiger partial charge < -0.3 is 9.64 Å². The van der Waals surface area contributed by atoms with Gasteiger partial charge in [-0.15, -0.1) is 0 Å². The summed E-state index contributed by atoms with van der Waals surface area (Å²) in [5.74, 6) is 1.15. The molecule has 0 saturated carbocycles. The van der Waals surface area contributed by atoms with Gasteiger partial charge in [-0.2, -0.15) is 0 Å². The van der Waals surface area contributed by atoms with E-state index in [-0.39, 0.29) is 17.6 Å². The number of hydrogen-bond donors (Lipinski definition) is 0. The number of amides is 1. The van der Waals surface area contributed by atoms with E-state index in [0.717, 1.165) is 17.7 Å². The van der Waals surface area contributed by atoms with E-state index in [0.29, 0.717) is 25.9 Å². The summed E-state index contributed by atoms with van der Waals surface area (Å²) in [6.07, 6.45) is 1.66. The van der Waals surface area contributed by atoms with E-state index in [4.69, 9.17) is 4.74 Å². The number of Topliss-reactive ketones (excluding diaryl/α,β-unsaturated/α-hetero) is 1. The van der Waals surface area contributed by atoms with Crippen molar-refractivity contribution >= 4 is 11.7 Å². The summed E-state index contributed by atoms with van der Waals surface area (Å²) in [4.78, 5) is 25.8. The number of carbonyl (C=O) groups is 2. The lowest BCUT2D eigenvalue weighted by molar-refractivity contribution is -0.136. The van der Waals surface area contributed by atoms with Gasteiger partial charge >= 0.3 is 0 Å². The summed E-state index contributed by atoms with van der Waals surface area (Å²) < 4.78 is 5.16. The number of likely N-dealkylation sites (tertiary alicyclic amines) is 1. The Morgan fingerprint density at radius 1 is 1.45 bits per heavy atom. The molecule has 1 aromatic rings. The molecule has 0 radical (unpaired) electrons. The number of methoxy groups -OCH3 is 1. The SMILES string of the molecule is CCC1CN(C(=O)Cc2cccc(OC)c2)CCC1=O. The van der Waals surface area contributed by atoms with Crippen molar-refractivity contribution in [2.75, 3.05) is 20.2 Å². The van der Waals surface area contributed by atoms with Crippen molar-refractivity contribution in [2.45, 2.75) is 26.2 Å². The minimum absolute atomic E-state index is 0.0120. The molecule has 20 heavy (non-hydrogen) atoms. The summed E-state index contributed by atoms with van der Waals surface area (Å²) in [6, 6.07) is 7.55. The van der Waals surface area contributed by atoms with Crippen LogP contribution in [-0.4, -0.2) is 36.8 Å². The molecule has 1 amide bonds. The van der Waals surface area contributed by atoms with Crippen LogP contribution >= 0.6 is 0 Å². The van der Waals surface area contributed by atoms with Crippen molar-refractivity contribution in [2.24, 2.45) is 5.92 Å². The Morgan fingerprint density at radius 2 is 2.25 bits per heavy atom. The average molecular weight is 275 g/mol. The summed E-state index contributed by atoms with van der Waals surface area (Å²) in [6.45, 7) is 3.12. The van der Waals surface area contributed by atoms with E-state index < -0.39 is 0 Å². The molecule has 108 valence electrons. The largest absolute Gasteiger partial charge is 0.497 e. The maximum Gasteiger partial charge on any atom is 0.227 e. The van der Waals surface area contributed by atoms with Crippen LogP contribution in [0, 0.1) is 5.92 Å². The second-order valence-corrected chi connectivity index (χ2v) is 5.19. The zero-order chi connectivity index (χ0) is 14.5. The lowest BCUT2D eigenvalue weighted by atomic mass is 9.94. The molecule has 1 heterocycles. The summed E-state index contributed by atoms with van der Waals surface area (Å²) >= 11 is 0. The first-order valence-corrected chi connectivity index (χ1v) is 7.07. The molecule has 1 aromatic carbocycles. The van der Waals surface area contributed by atoms with Gasteiger partial charge in [-0.25, -0.2) is 0 Å². The number of hydrogen-bond acceptors (Lipinski definition) is 3. The molecule has 2 rings (SSSR count). The molecule has 0 N–H and O–H groups in total. The Bertz CT molecular complexity index is 498. The standard InChI is InChI=1S/C16H21NO3/c1-3-13-11-17(8-7-15(13)18)16(19)10-12-5-4-6-14(9-12)20-2/h4-6,9,13H,3,7-8,10-11H2,1-2H3. The van der Waals surface area contributed by atoms with Gasteiger partial charge in [0.15, 0.2) is 0 Å². The maximum absolute atomic E-state index is 12.3. The zero-order valence-corrected chi connectivity index (χ0v) is 12.1. The molecule has 1 saturated heterocycles. The molecule has 1 atom stereocenters. The topological polar surface area (TPSA) is 46.6 Å². The molecule has 0 spiro atoms. The number of benzene rings is 1. The van der Waals surface area contributed by atoms with Crippen LogP contribution < -0.4 is 4.74 Å². The van der Waals surface area contributed by atoms with Crippen molar-refractivity contribution < 1.29 is 14.3 Å². The number of ketones is 1. The number of carbonyl (C=O) groups excluding carboxylic acids is 2. The molecule has 1 aliphatic heterocycles. The minimum atomic E-state index is 0.0120. The van der Waals surface area contributed by atoms with Crippen LogP contribution in [0.3, 0.4) is 0 Å². The van der Waals surface area contributed by atoms with Crippen LogP contribution in [0.2, 0.25) is 0 Å². The molecule has 1 aliphatic rings. The molecule has 4 heteroatoms. The lowest BCUT2D eigenvalue weighted by Gasteiger charge is -2.31. The van der Waals surface area contributed by atoms with Crippen LogP contribution in [-0.2, 0) is 16.0 Å². The average Bonchev–Trinajstić information content (AvgIpc) is 2.47. The Labute approximate surface area is 119 Å². The third-order valence-corrected chi connectivity index (χ3v) is 3.86. The van der Waals surface area contributed by atoms with Gasteiger partial charge in [0.05, 0.1) is 13.5 Å². The number of rotatable bonds is 4. The summed E-state index contributed by atoms with van der Waals surface area (Å²) in [7, 11) is 1.61. The van der Waals surface area contributed by atoms with Gasteiger partial charge in [-0.05, 0) is 24.1 Å². The van der Waals surface area contributed by atoms with E-state index in [9.17, 15) is 9.59 Å². The monoisotopic (exact) mass is 275 g/mol. The molecule has 0 aromatic heterocycles. The third kappa shape index (κ3) is 3.38. The van der Waals surface area contributed by atoms with Gasteiger partial charge in [0.1, 0.15) is 11.5 Å². The van der Waals surface area contributed by atoms with Gasteiger partial charge in [0.2, 0.25) is 5.91 Å². The van der Waals surface area contributed by atoms with E-state index in [1.807, 2.05) is 36.1 Å². The molecule has 0 bridgehead atoms. The predicted molar refractivity (Wildman–Crippen MR) is 76.7 cm³/mol. The fourth-order valence-electron chi connectivity index (χ4n) is 2.56. The van der Waals surface area contributed by atoms with Crippen molar-refractivity contribution in [3.63, 3.8) is 0 Å². The second-order valence-electron chi connectivity index (χ2n) is 5.19. The summed E-state index contributed by atoms with van der Waals surface area (Å²) in [5, 5.41) is 0. The Hall–Kier alpha value is -1.84. The highest BCUT2D eigenvalue weighted by Gasteiger charge is 2.28. The van der Waals surface area contributed by atoms with Gasteiger partial charge in [-0.1, -0.05) is 19.1 Å². The highest BCUT2D eigenvalue weighted by molar-refractivity contribution is 5.86. The van der Waals surface area contributed by atoms with Crippen molar-refractivity contribution in [1.82, 2.24) is 4.90 Å². The quantitative estimate of drug-likeness (QED) is 0.845. The number of ether oxygens (including phenoxy) is 1. The Balaban J connectivity index is 1.99. The minimum Gasteiger partial charge on any atom is -0.497 e. The van der Waals surface area contributed by atoms with Gasteiger partial charge in [-0.3, -0.25) is 9.59 Å². The van der Waals surface area contributed by atoms with E-state index >= 15 is 0 Å². The van der Waals surface area contributed by atoms with Gasteiger partial charge in [0.25, 0.3) is 0 Å². The summed E-state index contributed by atoms with van der Waals surface area (Å²) in [5.41, 5.74) is 0.944. The second kappa shape index (κ2) is 6.55. The van der Waals surface area contributed by atoms with Crippen molar-refractivity contribution in [3.8, 4) is 5.75 Å². The zero-order valence-electron chi connectivity index (χ0n) is 12.1. The lowest BCUT2D eigenvalue weighted by Crippen LogP contribution is -2.44. The first-order valence-electron chi connectivity index (χ1n) is 7.07. The fourth-order valence-corrected chi connectivity index (χ4v) is 2.56. The molecular weight excluding hydrogens is 254 g/mol. The molecule has 0 aliphatic carbocycles. The first kappa shape index (κ1) is 14.6. The Kier molecular flexibility index (Phi) is 4.77. The molecular formula is C16H21NO3. The van der Waals surface area contributed by atoms with Crippen LogP contribution in [0.4, 0.5) is 0 Å². The Morgan fingerprint density at radius 3 is 2.95 bits per heavy atom. The van der Waals surface area contributed by atoms with Crippen molar-refractivity contribution in [1.29, 1.82) is 0 Å². The number of piperidine rings is 1. The van der Waals surface area contributed by atoms with Crippen LogP contribution in [0.5, 0.6) is 5.75 Å². The van der Waals surface area contributed by atoms with Crippen LogP contribution in [0.1, 0.15) is 25.3 Å². The first-order chi connectivity index (χ1) is 9.63. The van der Waals surface area contributed by atoms with E-state index in [1.54, 1.807) is 7.11 Å². The van der Waals surface area contributed by atoms with E-state index in [1.165, 1.54) is 0 Å². The molecule has 1 fully saturated rings. The smallest absolute Gasteiger partial charge is 0.227 e. The third-order valence-electron chi connectivity index (χ3n) is 3.86. The normalized spacial score (nSPS) is 19.0. The highest BCUT2D eigenvalue weighted by Crippen LogP contribution is 2.18. The highest BCUT2D eigenvalue weighted by atomic mass is 16.5. The van der Waals surface area contributed by atoms with Crippen LogP contribution in [0.25, 0.3) is 0 Å².